The molecule has 0 spiro atoms. The van der Waals surface area contributed by atoms with E-state index in [4.69, 9.17) is 0 Å². The van der Waals surface area contributed by atoms with Crippen LogP contribution < -0.4 is 5.32 Å². The molecule has 0 bridgehead atoms. The molecule has 19 heavy (non-hydrogen) atoms. The van der Waals surface area contributed by atoms with E-state index in [1.165, 1.54) is 0 Å². The Kier molecular flexibility index (Phi) is 5.06. The molecule has 1 unspecified atom stereocenters. The lowest BCUT2D eigenvalue weighted by molar-refractivity contribution is 0.528. The first-order chi connectivity index (χ1) is 9.10. The molecule has 0 saturated carbocycles. The zero-order valence-corrected chi connectivity index (χ0v) is 13.9. The summed E-state index contributed by atoms with van der Waals surface area (Å²) in [4.78, 5) is 4.49. The maximum absolute atomic E-state index is 4.49. The van der Waals surface area contributed by atoms with E-state index in [9.17, 15) is 0 Å². The minimum absolute atomic E-state index is 0.115. The molecule has 0 saturated heterocycles. The van der Waals surface area contributed by atoms with Crippen molar-refractivity contribution in [3.63, 3.8) is 0 Å². The van der Waals surface area contributed by atoms with Gasteiger partial charge in [-0.2, -0.15) is 0 Å². The highest BCUT2D eigenvalue weighted by Crippen LogP contribution is 2.26. The zero-order valence-electron chi connectivity index (χ0n) is 10.8. The first-order valence-electron chi connectivity index (χ1n) is 5.99. The molecule has 2 aromatic heterocycles. The van der Waals surface area contributed by atoms with Crippen molar-refractivity contribution in [2.75, 3.05) is 6.54 Å². The highest BCUT2D eigenvalue weighted by molar-refractivity contribution is 9.11. The number of hydrogen-bond acceptors (Lipinski definition) is 4. The van der Waals surface area contributed by atoms with Gasteiger partial charge in [-0.1, -0.05) is 12.1 Å². The number of halogens is 2. The first kappa shape index (κ1) is 14.6. The fourth-order valence-corrected chi connectivity index (χ4v) is 3.16. The van der Waals surface area contributed by atoms with E-state index in [0.29, 0.717) is 0 Å². The third-order valence-electron chi connectivity index (χ3n) is 2.68. The van der Waals surface area contributed by atoms with Crippen molar-refractivity contribution >= 4 is 31.9 Å². The number of pyridine rings is 1. The Balaban J connectivity index is 2.23. The molecule has 5 nitrogen and oxygen atoms in total. The summed E-state index contributed by atoms with van der Waals surface area (Å²) in [5.41, 5.74) is 1.93. The number of aryl methyl sites for hydroxylation is 1. The van der Waals surface area contributed by atoms with Gasteiger partial charge in [0.2, 0.25) is 0 Å². The SMILES string of the molecule is CCNC(Cc1cn(C)nn1)c1ncc(Br)cc1Br. The Morgan fingerprint density at radius 3 is 2.79 bits per heavy atom. The van der Waals surface area contributed by atoms with Gasteiger partial charge in [-0.05, 0) is 44.5 Å². The monoisotopic (exact) mass is 387 g/mol. The number of hydrogen-bond donors (Lipinski definition) is 1. The highest BCUT2D eigenvalue weighted by Gasteiger charge is 2.17. The lowest BCUT2D eigenvalue weighted by atomic mass is 10.1. The van der Waals surface area contributed by atoms with Crippen LogP contribution in [0.3, 0.4) is 0 Å². The molecule has 0 aliphatic rings. The first-order valence-corrected chi connectivity index (χ1v) is 7.58. The van der Waals surface area contributed by atoms with Crippen LogP contribution in [0.1, 0.15) is 24.4 Å². The Morgan fingerprint density at radius 1 is 1.42 bits per heavy atom. The second-order valence-corrected chi connectivity index (χ2v) is 5.99. The summed E-state index contributed by atoms with van der Waals surface area (Å²) in [7, 11) is 1.87. The molecule has 102 valence electrons. The number of aromatic nitrogens is 4. The van der Waals surface area contributed by atoms with Crippen LogP contribution in [0.5, 0.6) is 0 Å². The lowest BCUT2D eigenvalue weighted by Crippen LogP contribution is -2.24. The molecule has 0 aliphatic heterocycles. The van der Waals surface area contributed by atoms with Crippen molar-refractivity contribution in [3.05, 3.63) is 38.8 Å². The van der Waals surface area contributed by atoms with Gasteiger partial charge < -0.3 is 5.32 Å². The Bertz CT molecular complexity index is 555. The molecule has 0 radical (unpaired) electrons. The minimum Gasteiger partial charge on any atom is -0.309 e. The van der Waals surface area contributed by atoms with Gasteiger partial charge in [-0.15, -0.1) is 5.10 Å². The smallest absolute Gasteiger partial charge is 0.0846 e. The van der Waals surface area contributed by atoms with E-state index in [2.05, 4.69) is 59.4 Å². The van der Waals surface area contributed by atoms with Crippen molar-refractivity contribution in [2.24, 2.45) is 7.05 Å². The van der Waals surface area contributed by atoms with Crippen LogP contribution >= 0.6 is 31.9 Å². The van der Waals surface area contributed by atoms with E-state index in [-0.39, 0.29) is 6.04 Å². The summed E-state index contributed by atoms with van der Waals surface area (Å²) < 4.78 is 3.65. The molecular formula is C12H15Br2N5. The Labute approximate surface area is 129 Å². The average molecular weight is 389 g/mol. The molecule has 1 atom stereocenters. The standard InChI is InChI=1S/C12H15Br2N5/c1-3-15-11(5-9-7-19(2)18-17-9)12-10(14)4-8(13)6-16-12/h4,6-7,11,15H,3,5H2,1-2H3. The van der Waals surface area contributed by atoms with Crippen molar-refractivity contribution in [1.82, 2.24) is 25.3 Å². The molecule has 2 rings (SSSR count). The lowest BCUT2D eigenvalue weighted by Gasteiger charge is -2.17. The minimum atomic E-state index is 0.115. The fraction of sp³-hybridized carbons (Fsp3) is 0.417. The van der Waals surface area contributed by atoms with E-state index in [1.54, 1.807) is 10.9 Å². The van der Waals surface area contributed by atoms with Gasteiger partial charge in [0.05, 0.1) is 17.4 Å². The number of likely N-dealkylation sites (N-methyl/N-ethyl adjacent to an activating group) is 1. The molecule has 0 aliphatic carbocycles. The maximum atomic E-state index is 4.49. The van der Waals surface area contributed by atoms with Gasteiger partial charge in [0.25, 0.3) is 0 Å². The number of nitrogens with one attached hydrogen (secondary N) is 1. The van der Waals surface area contributed by atoms with E-state index >= 15 is 0 Å². The summed E-state index contributed by atoms with van der Waals surface area (Å²) in [5.74, 6) is 0. The van der Waals surface area contributed by atoms with Gasteiger partial charge in [-0.3, -0.25) is 9.67 Å². The van der Waals surface area contributed by atoms with Crippen LogP contribution in [-0.4, -0.2) is 26.5 Å². The summed E-state index contributed by atoms with van der Waals surface area (Å²) in [5, 5.41) is 11.5. The Hall–Kier alpha value is -0.790. The second kappa shape index (κ2) is 6.58. The molecule has 1 N–H and O–H groups in total. The maximum Gasteiger partial charge on any atom is 0.0846 e. The molecular weight excluding hydrogens is 374 g/mol. The van der Waals surface area contributed by atoms with Gasteiger partial charge in [0, 0.05) is 34.8 Å². The van der Waals surface area contributed by atoms with Crippen LogP contribution in [0.15, 0.2) is 27.4 Å². The van der Waals surface area contributed by atoms with Gasteiger partial charge in [0.1, 0.15) is 0 Å². The largest absolute Gasteiger partial charge is 0.309 e. The molecule has 2 heterocycles. The van der Waals surface area contributed by atoms with Crippen LogP contribution in [0.25, 0.3) is 0 Å². The molecule has 7 heteroatoms. The molecule has 0 aromatic carbocycles. The summed E-state index contributed by atoms with van der Waals surface area (Å²) in [6.45, 7) is 2.95. The topological polar surface area (TPSA) is 55.6 Å². The van der Waals surface area contributed by atoms with Crippen molar-refractivity contribution in [3.8, 4) is 0 Å². The van der Waals surface area contributed by atoms with Crippen LogP contribution in [-0.2, 0) is 13.5 Å². The van der Waals surface area contributed by atoms with E-state index in [0.717, 1.165) is 33.3 Å². The normalized spacial score (nSPS) is 12.6. The highest BCUT2D eigenvalue weighted by atomic mass is 79.9. The van der Waals surface area contributed by atoms with E-state index in [1.807, 2.05) is 19.3 Å². The third-order valence-corrected chi connectivity index (χ3v) is 3.75. The third kappa shape index (κ3) is 3.84. The summed E-state index contributed by atoms with van der Waals surface area (Å²) >= 11 is 6.98. The van der Waals surface area contributed by atoms with Crippen molar-refractivity contribution in [2.45, 2.75) is 19.4 Å². The predicted octanol–water partition coefficient (Wildman–Crippen LogP) is 2.63. The number of rotatable bonds is 5. The molecule has 0 fully saturated rings. The van der Waals surface area contributed by atoms with Gasteiger partial charge >= 0.3 is 0 Å². The van der Waals surface area contributed by atoms with Gasteiger partial charge in [-0.25, -0.2) is 0 Å². The van der Waals surface area contributed by atoms with Crippen LogP contribution in [0.4, 0.5) is 0 Å². The molecule has 0 amide bonds. The van der Waals surface area contributed by atoms with Crippen molar-refractivity contribution in [1.29, 1.82) is 0 Å². The summed E-state index contributed by atoms with van der Waals surface area (Å²) in [6, 6.07) is 2.12. The van der Waals surface area contributed by atoms with Crippen LogP contribution in [0.2, 0.25) is 0 Å². The number of nitrogens with zero attached hydrogens (tertiary/aromatic N) is 4. The summed E-state index contributed by atoms with van der Waals surface area (Å²) in [6.07, 6.45) is 4.49. The predicted molar refractivity (Wildman–Crippen MR) is 80.8 cm³/mol. The quantitative estimate of drug-likeness (QED) is 0.855. The fourth-order valence-electron chi connectivity index (χ4n) is 1.89. The van der Waals surface area contributed by atoms with Crippen LogP contribution in [0, 0.1) is 0 Å². The van der Waals surface area contributed by atoms with E-state index < -0.39 is 0 Å². The second-order valence-electron chi connectivity index (χ2n) is 4.22. The Morgan fingerprint density at radius 2 is 2.21 bits per heavy atom. The average Bonchev–Trinajstić information content (AvgIpc) is 2.74. The molecule has 2 aromatic rings. The van der Waals surface area contributed by atoms with Gasteiger partial charge in [0.15, 0.2) is 0 Å². The van der Waals surface area contributed by atoms with Crippen molar-refractivity contribution < 1.29 is 0 Å². The zero-order chi connectivity index (χ0) is 13.8.